The Kier molecular flexibility index (Phi) is 9.18. The van der Waals surface area contributed by atoms with Gasteiger partial charge in [-0.05, 0) is 62.9 Å². The molecule has 1 aliphatic heterocycles. The number of anilines is 2. The normalized spacial score (nSPS) is 15.3. The van der Waals surface area contributed by atoms with Crippen LogP contribution in [0.1, 0.15) is 51.1 Å². The highest BCUT2D eigenvalue weighted by molar-refractivity contribution is 5.92. The predicted octanol–water partition coefficient (Wildman–Crippen LogP) is 2.51. The van der Waals surface area contributed by atoms with E-state index in [4.69, 9.17) is 15.2 Å². The number of carbonyl (C=O) groups excluding carboxylic acids is 2. The number of nitrogens with one attached hydrogen (secondary N) is 2. The fourth-order valence-electron chi connectivity index (χ4n) is 4.96. The van der Waals surface area contributed by atoms with Crippen LogP contribution in [0.4, 0.5) is 11.5 Å². The number of nitrogens with zero attached hydrogens (tertiary/aromatic N) is 4. The second kappa shape index (κ2) is 12.7. The first kappa shape index (κ1) is 28.1. The van der Waals surface area contributed by atoms with Gasteiger partial charge in [0.05, 0.1) is 26.7 Å². The number of hydrogen-bond acceptors (Lipinski definition) is 9. The van der Waals surface area contributed by atoms with Gasteiger partial charge < -0.3 is 25.5 Å². The van der Waals surface area contributed by atoms with Gasteiger partial charge in [-0.1, -0.05) is 25.5 Å². The Morgan fingerprint density at radius 2 is 2.03 bits per heavy atom. The van der Waals surface area contributed by atoms with E-state index in [0.717, 1.165) is 44.3 Å². The zero-order chi connectivity index (χ0) is 27.9. The fourth-order valence-corrected chi connectivity index (χ4v) is 4.96. The molecule has 4 rings (SSSR count). The van der Waals surface area contributed by atoms with E-state index in [2.05, 4.69) is 32.1 Å². The maximum atomic E-state index is 12.9. The molecule has 1 saturated heterocycles. The number of ether oxygens (including phenoxy) is 2. The zero-order valence-electron chi connectivity index (χ0n) is 22.7. The zero-order valence-corrected chi connectivity index (χ0v) is 22.7. The lowest BCUT2D eigenvalue weighted by Crippen LogP contribution is -2.41. The predicted molar refractivity (Wildman–Crippen MR) is 148 cm³/mol. The molecule has 39 heavy (non-hydrogen) atoms. The van der Waals surface area contributed by atoms with Gasteiger partial charge in [0.2, 0.25) is 5.91 Å². The molecule has 2 aromatic heterocycles. The van der Waals surface area contributed by atoms with Crippen molar-refractivity contribution in [1.82, 2.24) is 24.4 Å². The Labute approximate surface area is 226 Å². The van der Waals surface area contributed by atoms with Crippen LogP contribution in [-0.4, -0.2) is 69.6 Å². The van der Waals surface area contributed by atoms with E-state index < -0.39 is 0 Å². The van der Waals surface area contributed by atoms with Crippen molar-refractivity contribution in [2.75, 3.05) is 44.4 Å². The highest BCUT2D eigenvalue weighted by Gasteiger charge is 2.29. The monoisotopic (exact) mass is 539 g/mol. The third kappa shape index (κ3) is 6.94. The number of amides is 1. The maximum absolute atomic E-state index is 12.9. The number of aromatic amines is 1. The smallest absolute Gasteiger partial charge is 0.328 e. The average Bonchev–Trinajstić information content (AvgIpc) is 3.25. The van der Waals surface area contributed by atoms with Gasteiger partial charge in [-0.15, -0.1) is 0 Å². The minimum Gasteiger partial charge on any atom is -0.469 e. The number of benzene rings is 1. The van der Waals surface area contributed by atoms with Gasteiger partial charge in [0.1, 0.15) is 5.52 Å². The fraction of sp³-hybridized carbons (Fsp3) is 0.519. The summed E-state index contributed by atoms with van der Waals surface area (Å²) in [6.45, 7) is 6.28. The van der Waals surface area contributed by atoms with Crippen molar-refractivity contribution >= 4 is 34.5 Å². The van der Waals surface area contributed by atoms with E-state index in [-0.39, 0.29) is 54.3 Å². The number of piperidine rings is 1. The first-order chi connectivity index (χ1) is 18.8. The van der Waals surface area contributed by atoms with E-state index in [1.807, 2.05) is 13.0 Å². The Bertz CT molecular complexity index is 1360. The van der Waals surface area contributed by atoms with E-state index in [9.17, 15) is 14.4 Å². The molecular formula is C27H37N7O5. The average molecular weight is 540 g/mol. The number of rotatable bonds is 11. The van der Waals surface area contributed by atoms with E-state index in [0.29, 0.717) is 23.5 Å². The number of H-pyrrole nitrogens is 1. The van der Waals surface area contributed by atoms with Crippen molar-refractivity contribution in [3.63, 3.8) is 0 Å². The number of methoxy groups -OCH3 is 1. The molecule has 0 saturated carbocycles. The van der Waals surface area contributed by atoms with Crippen LogP contribution in [0.2, 0.25) is 0 Å². The number of imidazole rings is 1. The van der Waals surface area contributed by atoms with Crippen molar-refractivity contribution in [1.29, 1.82) is 0 Å². The summed E-state index contributed by atoms with van der Waals surface area (Å²) in [7, 11) is 1.35. The highest BCUT2D eigenvalue weighted by atomic mass is 16.5. The second-order valence-electron chi connectivity index (χ2n) is 9.95. The molecule has 1 amide bonds. The van der Waals surface area contributed by atoms with Crippen LogP contribution >= 0.6 is 0 Å². The van der Waals surface area contributed by atoms with Crippen LogP contribution in [0.15, 0.2) is 29.1 Å². The summed E-state index contributed by atoms with van der Waals surface area (Å²) in [5.41, 5.74) is 8.10. The summed E-state index contributed by atoms with van der Waals surface area (Å²) in [5.74, 6) is -0.0441. The molecular weight excluding hydrogens is 502 g/mol. The third-order valence-corrected chi connectivity index (χ3v) is 7.18. The first-order valence-electron chi connectivity index (χ1n) is 13.4. The molecule has 3 aromatic rings. The van der Waals surface area contributed by atoms with Crippen molar-refractivity contribution in [2.45, 2.75) is 52.0 Å². The summed E-state index contributed by atoms with van der Waals surface area (Å²) in [4.78, 5) is 50.7. The van der Waals surface area contributed by atoms with Crippen LogP contribution < -0.4 is 21.5 Å². The molecule has 0 aliphatic carbocycles. The Balaban J connectivity index is 1.35. The number of likely N-dealkylation sites (tertiary alicyclic amines) is 1. The summed E-state index contributed by atoms with van der Waals surface area (Å²) in [6, 6.07) is 7.23. The lowest BCUT2D eigenvalue weighted by molar-refractivity contribution is -0.139. The molecule has 1 fully saturated rings. The number of carbonyl (C=O) groups is 2. The van der Waals surface area contributed by atoms with E-state index >= 15 is 0 Å². The van der Waals surface area contributed by atoms with Crippen LogP contribution in [0.3, 0.4) is 0 Å². The number of nitrogen functional groups attached to an aromatic ring is 1. The summed E-state index contributed by atoms with van der Waals surface area (Å²) in [5, 5.41) is 2.91. The molecule has 1 aromatic carbocycles. The molecule has 4 N–H and O–H groups in total. The van der Waals surface area contributed by atoms with Gasteiger partial charge in [0.15, 0.2) is 11.5 Å². The Hall–Kier alpha value is -3.93. The molecule has 1 aliphatic rings. The minimum absolute atomic E-state index is 0.118. The van der Waals surface area contributed by atoms with Crippen molar-refractivity contribution in [2.24, 2.45) is 5.92 Å². The molecule has 0 spiro atoms. The van der Waals surface area contributed by atoms with Crippen LogP contribution in [0.25, 0.3) is 11.2 Å². The van der Waals surface area contributed by atoms with Crippen molar-refractivity contribution < 1.29 is 19.1 Å². The van der Waals surface area contributed by atoms with Crippen LogP contribution in [0, 0.1) is 5.92 Å². The van der Waals surface area contributed by atoms with Gasteiger partial charge in [-0.3, -0.25) is 19.1 Å². The summed E-state index contributed by atoms with van der Waals surface area (Å²) >= 11 is 0. The number of aromatic nitrogens is 4. The Morgan fingerprint density at radius 1 is 1.26 bits per heavy atom. The first-order valence-corrected chi connectivity index (χ1v) is 13.4. The molecule has 1 unspecified atom stereocenters. The molecule has 1 atom stereocenters. The standard InChI is InChI=1S/C27H37N7O5/c1-4-5-13-39-26-31-24(28)23-25(32-26)34(27(37)30-23)17(2)19-9-11-33(12-10-19)16-21(35)29-20-8-6-7-18(14-20)15-22(36)38-3/h6-8,14,17,19H,4-5,9-13,15-16H2,1-3H3,(H,29,35)(H,30,37)(H2,28,31,32). The maximum Gasteiger partial charge on any atom is 0.328 e. The van der Waals surface area contributed by atoms with Gasteiger partial charge in [-0.25, -0.2) is 4.79 Å². The second-order valence-corrected chi connectivity index (χ2v) is 9.95. The molecule has 210 valence electrons. The minimum atomic E-state index is -0.331. The van der Waals surface area contributed by atoms with Gasteiger partial charge in [0.25, 0.3) is 0 Å². The Morgan fingerprint density at radius 3 is 2.74 bits per heavy atom. The van der Waals surface area contributed by atoms with Gasteiger partial charge in [0, 0.05) is 11.7 Å². The largest absolute Gasteiger partial charge is 0.469 e. The van der Waals surface area contributed by atoms with E-state index in [1.54, 1.807) is 22.8 Å². The van der Waals surface area contributed by atoms with Crippen molar-refractivity contribution in [3.8, 4) is 6.01 Å². The summed E-state index contributed by atoms with van der Waals surface area (Å²) in [6.07, 6.45) is 3.65. The molecule has 0 bridgehead atoms. The number of unbranched alkanes of at least 4 members (excludes halogenated alkanes) is 1. The topological polar surface area (TPSA) is 157 Å². The lowest BCUT2D eigenvalue weighted by atomic mass is 9.90. The molecule has 12 nitrogen and oxygen atoms in total. The number of esters is 1. The SMILES string of the molecule is CCCCOc1nc(N)c2[nH]c(=O)n(C(C)C3CCN(CC(=O)Nc4cccc(CC(=O)OC)c4)CC3)c2n1. The number of nitrogens with two attached hydrogens (primary N) is 1. The molecule has 3 heterocycles. The summed E-state index contributed by atoms with van der Waals surface area (Å²) < 4.78 is 12.0. The number of hydrogen-bond donors (Lipinski definition) is 3. The highest BCUT2D eigenvalue weighted by Crippen LogP contribution is 2.30. The van der Waals surface area contributed by atoms with Crippen LogP contribution in [-0.2, 0) is 20.7 Å². The van der Waals surface area contributed by atoms with Gasteiger partial charge >= 0.3 is 17.7 Å². The molecule has 0 radical (unpaired) electrons. The van der Waals surface area contributed by atoms with Crippen LogP contribution in [0.5, 0.6) is 6.01 Å². The van der Waals surface area contributed by atoms with E-state index in [1.165, 1.54) is 7.11 Å². The molecule has 12 heteroatoms. The third-order valence-electron chi connectivity index (χ3n) is 7.18. The van der Waals surface area contributed by atoms with Gasteiger partial charge in [-0.2, -0.15) is 9.97 Å². The van der Waals surface area contributed by atoms with Crippen molar-refractivity contribution in [3.05, 3.63) is 40.3 Å². The number of fused-ring (bicyclic) bond motifs is 1. The lowest BCUT2D eigenvalue weighted by Gasteiger charge is -2.34. The quantitative estimate of drug-likeness (QED) is 0.246.